The van der Waals surface area contributed by atoms with Crippen LogP contribution in [0, 0.1) is 11.3 Å². The summed E-state index contributed by atoms with van der Waals surface area (Å²) in [5.74, 6) is -0.653. The number of nitrogens with zero attached hydrogens (tertiary/aromatic N) is 5. The summed E-state index contributed by atoms with van der Waals surface area (Å²) in [7, 11) is 1.59. The van der Waals surface area contributed by atoms with E-state index < -0.39 is 11.7 Å². The molecule has 0 spiro atoms. The van der Waals surface area contributed by atoms with Gasteiger partial charge in [-0.25, -0.2) is 9.37 Å². The van der Waals surface area contributed by atoms with Crippen LogP contribution in [-0.2, 0) is 27.3 Å². The summed E-state index contributed by atoms with van der Waals surface area (Å²) in [5, 5.41) is 10.2. The first-order chi connectivity index (χ1) is 16.9. The standard InChI is InChI=1S/C26H30FN5O3/c1-16(27)26(34)31-9-7-19-21(14-31)20(13-28)25(29-24(19)18-5-6-18)30-10-11-32(23(33)8-12-35-2)22(15-30)17-3-4-17/h3,18,22H,1,4-12,14-15H2,2H3/t22-/m0/s1. The first kappa shape index (κ1) is 23.5. The monoisotopic (exact) mass is 479 g/mol. The van der Waals surface area contributed by atoms with E-state index in [1.54, 1.807) is 7.11 Å². The largest absolute Gasteiger partial charge is 0.384 e. The molecule has 0 radical (unpaired) electrons. The number of hydrogen-bond donors (Lipinski definition) is 0. The Balaban J connectivity index is 1.48. The van der Waals surface area contributed by atoms with Crippen LogP contribution in [0.2, 0.25) is 0 Å². The molecule has 9 heteroatoms. The number of fused-ring (bicyclic) bond motifs is 1. The summed E-state index contributed by atoms with van der Waals surface area (Å²) < 4.78 is 18.7. The minimum absolute atomic E-state index is 0.0465. The minimum atomic E-state index is -0.988. The van der Waals surface area contributed by atoms with Crippen LogP contribution in [-0.4, -0.2) is 72.5 Å². The van der Waals surface area contributed by atoms with E-state index in [1.807, 2.05) is 4.90 Å². The van der Waals surface area contributed by atoms with Crippen LogP contribution in [0.3, 0.4) is 0 Å². The molecule has 0 bridgehead atoms. The highest BCUT2D eigenvalue weighted by molar-refractivity contribution is 5.90. The van der Waals surface area contributed by atoms with Crippen LogP contribution in [0.4, 0.5) is 10.2 Å². The van der Waals surface area contributed by atoms with Crippen molar-refractivity contribution in [3.05, 3.63) is 46.4 Å². The number of methoxy groups -OCH3 is 1. The molecule has 0 unspecified atom stereocenters. The Morgan fingerprint density at radius 3 is 2.69 bits per heavy atom. The van der Waals surface area contributed by atoms with Gasteiger partial charge in [0, 0.05) is 51.4 Å². The molecule has 1 aromatic heterocycles. The minimum Gasteiger partial charge on any atom is -0.384 e. The Morgan fingerprint density at radius 2 is 2.06 bits per heavy atom. The molecule has 0 N–H and O–H groups in total. The number of halogens is 1. The van der Waals surface area contributed by atoms with Crippen LogP contribution >= 0.6 is 0 Å². The maximum Gasteiger partial charge on any atom is 0.282 e. The van der Waals surface area contributed by atoms with Gasteiger partial charge < -0.3 is 19.4 Å². The molecule has 184 valence electrons. The first-order valence-corrected chi connectivity index (χ1v) is 12.2. The zero-order valence-corrected chi connectivity index (χ0v) is 20.1. The third-order valence-electron chi connectivity index (χ3n) is 7.39. The van der Waals surface area contributed by atoms with Gasteiger partial charge in [-0.1, -0.05) is 12.7 Å². The normalized spacial score (nSPS) is 21.2. The van der Waals surface area contributed by atoms with Gasteiger partial charge in [0.2, 0.25) is 5.91 Å². The summed E-state index contributed by atoms with van der Waals surface area (Å²) in [6.45, 7) is 5.79. The number of piperazine rings is 1. The molecule has 1 saturated carbocycles. The number of carbonyl (C=O) groups is 2. The molecule has 1 aromatic rings. The van der Waals surface area contributed by atoms with Crippen molar-refractivity contribution in [1.29, 1.82) is 5.26 Å². The Hall–Kier alpha value is -3.25. The van der Waals surface area contributed by atoms with Gasteiger partial charge in [-0.15, -0.1) is 0 Å². The number of rotatable bonds is 7. The van der Waals surface area contributed by atoms with Crippen molar-refractivity contribution >= 4 is 17.6 Å². The maximum absolute atomic E-state index is 13.6. The number of ether oxygens (including phenoxy) is 1. The number of carbonyl (C=O) groups excluding carboxylic acids is 2. The highest BCUT2D eigenvalue weighted by atomic mass is 19.1. The van der Waals surface area contributed by atoms with Crippen molar-refractivity contribution in [1.82, 2.24) is 14.8 Å². The molecular formula is C26H30FN5O3. The number of nitriles is 1. The molecule has 1 saturated heterocycles. The zero-order chi connectivity index (χ0) is 24.7. The van der Waals surface area contributed by atoms with E-state index in [2.05, 4.69) is 23.6 Å². The second-order valence-corrected chi connectivity index (χ2v) is 9.70. The molecule has 0 aromatic carbocycles. The fourth-order valence-corrected chi connectivity index (χ4v) is 5.29. The Morgan fingerprint density at radius 1 is 1.29 bits per heavy atom. The summed E-state index contributed by atoms with van der Waals surface area (Å²) in [6, 6.07) is 2.30. The van der Waals surface area contributed by atoms with Crippen LogP contribution in [0.1, 0.15) is 54.0 Å². The number of anilines is 1. The topological polar surface area (TPSA) is 89.8 Å². The molecule has 1 atom stereocenters. The molecule has 35 heavy (non-hydrogen) atoms. The Kier molecular flexibility index (Phi) is 6.32. The lowest BCUT2D eigenvalue weighted by Gasteiger charge is -2.42. The summed E-state index contributed by atoms with van der Waals surface area (Å²) in [4.78, 5) is 35.6. The van der Waals surface area contributed by atoms with Crippen molar-refractivity contribution < 1.29 is 18.7 Å². The van der Waals surface area contributed by atoms with E-state index >= 15 is 0 Å². The highest BCUT2D eigenvalue weighted by Gasteiger charge is 2.39. The quantitative estimate of drug-likeness (QED) is 0.441. The van der Waals surface area contributed by atoms with Gasteiger partial charge in [0.25, 0.3) is 5.91 Å². The van der Waals surface area contributed by atoms with Crippen LogP contribution in [0.5, 0.6) is 0 Å². The zero-order valence-electron chi connectivity index (χ0n) is 20.1. The molecule has 2 aliphatic carbocycles. The van der Waals surface area contributed by atoms with Gasteiger partial charge in [0.05, 0.1) is 24.6 Å². The maximum atomic E-state index is 13.6. The molecule has 8 nitrogen and oxygen atoms in total. The van der Waals surface area contributed by atoms with Crippen molar-refractivity contribution in [2.24, 2.45) is 0 Å². The molecule has 2 aliphatic heterocycles. The van der Waals surface area contributed by atoms with Gasteiger partial charge in [-0.05, 0) is 42.4 Å². The third-order valence-corrected chi connectivity index (χ3v) is 7.39. The lowest BCUT2D eigenvalue weighted by Crippen LogP contribution is -2.55. The first-order valence-electron chi connectivity index (χ1n) is 12.2. The van der Waals surface area contributed by atoms with E-state index in [0.717, 1.165) is 36.1 Å². The lowest BCUT2D eigenvalue weighted by atomic mass is 9.92. The molecule has 2 fully saturated rings. The van der Waals surface area contributed by atoms with Gasteiger partial charge in [0.15, 0.2) is 5.83 Å². The van der Waals surface area contributed by atoms with E-state index in [9.17, 15) is 19.2 Å². The number of amides is 2. The second kappa shape index (κ2) is 9.42. The van der Waals surface area contributed by atoms with Gasteiger partial charge >= 0.3 is 0 Å². The average Bonchev–Trinajstić information content (AvgIpc) is 3.78. The summed E-state index contributed by atoms with van der Waals surface area (Å²) >= 11 is 0. The predicted octanol–water partition coefficient (Wildman–Crippen LogP) is 2.58. The number of pyridine rings is 1. The van der Waals surface area contributed by atoms with Crippen molar-refractivity contribution in [3.63, 3.8) is 0 Å². The fraction of sp³-hybridized carbons (Fsp3) is 0.538. The van der Waals surface area contributed by atoms with Gasteiger partial charge in [-0.2, -0.15) is 5.26 Å². The van der Waals surface area contributed by atoms with Crippen molar-refractivity contribution in [2.45, 2.75) is 50.6 Å². The Bertz CT molecular complexity index is 1150. The average molecular weight is 480 g/mol. The number of hydrogen-bond acceptors (Lipinski definition) is 6. The molecule has 5 rings (SSSR count). The summed E-state index contributed by atoms with van der Waals surface area (Å²) in [5.41, 5.74) is 4.52. The molecule has 2 amide bonds. The molecule has 4 aliphatic rings. The highest BCUT2D eigenvalue weighted by Crippen LogP contribution is 2.45. The van der Waals surface area contributed by atoms with E-state index in [0.29, 0.717) is 62.9 Å². The number of allylic oxidation sites excluding steroid dienone is 1. The van der Waals surface area contributed by atoms with E-state index in [-0.39, 0.29) is 18.5 Å². The lowest BCUT2D eigenvalue weighted by molar-refractivity contribution is -0.134. The SMILES string of the molecule is C=C(F)C(=O)N1CCc2c(C3CC3)nc(N3CCN(C(=O)CCOC)[C@H](C4=CC4)C3)c(C#N)c2C1. The summed E-state index contributed by atoms with van der Waals surface area (Å²) in [6.07, 6.45) is 6.06. The van der Waals surface area contributed by atoms with Crippen molar-refractivity contribution in [2.75, 3.05) is 44.8 Å². The van der Waals surface area contributed by atoms with Crippen molar-refractivity contribution in [3.8, 4) is 6.07 Å². The van der Waals surface area contributed by atoms with E-state index in [1.165, 1.54) is 10.5 Å². The fourth-order valence-electron chi connectivity index (χ4n) is 5.29. The smallest absolute Gasteiger partial charge is 0.282 e. The third kappa shape index (κ3) is 4.55. The van der Waals surface area contributed by atoms with Crippen LogP contribution < -0.4 is 4.90 Å². The van der Waals surface area contributed by atoms with Crippen LogP contribution in [0.15, 0.2) is 24.1 Å². The number of aromatic nitrogens is 1. The second-order valence-electron chi connectivity index (χ2n) is 9.70. The predicted molar refractivity (Wildman–Crippen MR) is 127 cm³/mol. The van der Waals surface area contributed by atoms with Crippen LogP contribution in [0.25, 0.3) is 0 Å². The van der Waals surface area contributed by atoms with Gasteiger partial charge in [0.1, 0.15) is 11.9 Å². The Labute approximate surface area is 204 Å². The molecule has 3 heterocycles. The van der Waals surface area contributed by atoms with E-state index in [4.69, 9.17) is 9.72 Å². The van der Waals surface area contributed by atoms with Gasteiger partial charge in [-0.3, -0.25) is 9.59 Å². The molecular weight excluding hydrogens is 449 g/mol.